The van der Waals surface area contributed by atoms with Crippen molar-refractivity contribution in [2.75, 3.05) is 19.0 Å². The zero-order chi connectivity index (χ0) is 28.3. The molecule has 0 saturated heterocycles. The first kappa shape index (κ1) is 28.6. The van der Waals surface area contributed by atoms with Crippen LogP contribution in [0.2, 0.25) is 5.02 Å². The number of halogens is 2. The lowest BCUT2D eigenvalue weighted by Crippen LogP contribution is -2.40. The van der Waals surface area contributed by atoms with Crippen LogP contribution in [0.15, 0.2) is 42.6 Å². The zero-order valence-corrected chi connectivity index (χ0v) is 23.0. The Hall–Kier alpha value is -3.43. The number of likely N-dealkylation sites (N-methyl/N-ethyl adjacent to an activating group) is 1. The van der Waals surface area contributed by atoms with Crippen molar-refractivity contribution in [3.8, 4) is 0 Å². The van der Waals surface area contributed by atoms with E-state index in [1.807, 2.05) is 42.8 Å². The zero-order valence-electron chi connectivity index (χ0n) is 22.2. The first-order valence-corrected chi connectivity index (χ1v) is 13.4. The highest BCUT2D eigenvalue weighted by Crippen LogP contribution is 2.29. The molecule has 2 amide bonds. The number of amides is 2. The van der Waals surface area contributed by atoms with E-state index in [1.165, 1.54) is 11.0 Å². The van der Waals surface area contributed by atoms with Gasteiger partial charge < -0.3 is 24.6 Å². The summed E-state index contributed by atoms with van der Waals surface area (Å²) in [5, 5.41) is 12.7. The van der Waals surface area contributed by atoms with Crippen LogP contribution in [-0.4, -0.2) is 58.2 Å². The van der Waals surface area contributed by atoms with Gasteiger partial charge in [-0.3, -0.25) is 14.4 Å². The Morgan fingerprint density at radius 3 is 2.59 bits per heavy atom. The first-order valence-electron chi connectivity index (χ1n) is 13.0. The lowest BCUT2D eigenvalue weighted by molar-refractivity contribution is -0.144. The molecule has 0 aliphatic heterocycles. The molecular weight excluding hydrogens is 525 g/mol. The van der Waals surface area contributed by atoms with Gasteiger partial charge in [0.15, 0.2) is 0 Å². The monoisotopic (exact) mass is 557 g/mol. The number of ether oxygens (including phenoxy) is 1. The van der Waals surface area contributed by atoms with E-state index in [0.717, 1.165) is 17.0 Å². The van der Waals surface area contributed by atoms with Crippen molar-refractivity contribution in [3.05, 3.63) is 64.6 Å². The molecule has 1 heterocycles. The third kappa shape index (κ3) is 6.59. The molecule has 0 radical (unpaired) electrons. The summed E-state index contributed by atoms with van der Waals surface area (Å²) >= 11 is 6.38. The van der Waals surface area contributed by atoms with Crippen LogP contribution in [0.25, 0.3) is 10.9 Å². The van der Waals surface area contributed by atoms with E-state index in [0.29, 0.717) is 37.9 Å². The van der Waals surface area contributed by atoms with Crippen molar-refractivity contribution >= 4 is 46.0 Å². The van der Waals surface area contributed by atoms with Crippen molar-refractivity contribution < 1.29 is 28.6 Å². The number of fused-ring (bicyclic) bond motifs is 1. The largest absolute Gasteiger partial charge is 0.481 e. The molecule has 2 aromatic carbocycles. The number of anilines is 1. The average molecular weight is 558 g/mol. The standard InChI is InChI=1S/C29H33ClFN3O5/c1-17(16-39-20-10-8-18(9-11-20)29(37)38)34(3)27(35)13-19-12-23(30)25(14-24(19)31)32-28(36)22-15-33(2)26-7-5-4-6-21(22)26/h4-7,12,14-15,17-18,20H,8-11,13,16H2,1-3H3,(H,32,36)(H,37,38)/t17-,18?,20?/m0/s1. The van der Waals surface area contributed by atoms with Gasteiger partial charge >= 0.3 is 5.97 Å². The number of rotatable bonds is 9. The number of hydrogen-bond acceptors (Lipinski definition) is 4. The molecule has 1 fully saturated rings. The highest BCUT2D eigenvalue weighted by Gasteiger charge is 2.27. The number of aryl methyl sites for hydroxylation is 1. The minimum Gasteiger partial charge on any atom is -0.481 e. The summed E-state index contributed by atoms with van der Waals surface area (Å²) in [6, 6.07) is 9.71. The van der Waals surface area contributed by atoms with E-state index in [2.05, 4.69) is 5.32 Å². The smallest absolute Gasteiger partial charge is 0.306 e. The summed E-state index contributed by atoms with van der Waals surface area (Å²) in [4.78, 5) is 38.5. The second kappa shape index (κ2) is 12.2. The number of nitrogens with zero attached hydrogens (tertiary/aromatic N) is 2. The molecule has 208 valence electrons. The molecule has 1 saturated carbocycles. The molecule has 2 N–H and O–H groups in total. The van der Waals surface area contributed by atoms with Gasteiger partial charge in [-0.1, -0.05) is 29.8 Å². The maximum Gasteiger partial charge on any atom is 0.306 e. The molecule has 3 aromatic rings. The second-order valence-electron chi connectivity index (χ2n) is 10.2. The van der Waals surface area contributed by atoms with Gasteiger partial charge in [-0.2, -0.15) is 0 Å². The number of carboxylic acids is 1. The van der Waals surface area contributed by atoms with Gasteiger partial charge in [-0.25, -0.2) is 4.39 Å². The van der Waals surface area contributed by atoms with E-state index < -0.39 is 17.7 Å². The van der Waals surface area contributed by atoms with Crippen LogP contribution in [0.1, 0.15) is 48.5 Å². The Labute approximate surface area is 231 Å². The maximum absolute atomic E-state index is 15.0. The number of para-hydroxylation sites is 1. The van der Waals surface area contributed by atoms with Gasteiger partial charge in [-0.15, -0.1) is 0 Å². The molecule has 1 atom stereocenters. The minimum atomic E-state index is -0.764. The Morgan fingerprint density at radius 1 is 1.21 bits per heavy atom. The molecule has 1 aliphatic carbocycles. The number of aromatic nitrogens is 1. The van der Waals surface area contributed by atoms with E-state index in [-0.39, 0.29) is 46.7 Å². The Kier molecular flexibility index (Phi) is 8.92. The van der Waals surface area contributed by atoms with Crippen molar-refractivity contribution in [1.29, 1.82) is 0 Å². The predicted octanol–water partition coefficient (Wildman–Crippen LogP) is 5.27. The van der Waals surface area contributed by atoms with Crippen LogP contribution >= 0.6 is 11.6 Å². The fourth-order valence-corrected chi connectivity index (χ4v) is 5.16. The molecule has 0 bridgehead atoms. The molecule has 1 aliphatic rings. The number of carbonyl (C=O) groups is 3. The summed E-state index contributed by atoms with van der Waals surface area (Å²) in [7, 11) is 3.48. The molecule has 0 unspecified atom stereocenters. The lowest BCUT2D eigenvalue weighted by atomic mass is 9.87. The quantitative estimate of drug-likeness (QED) is 0.373. The van der Waals surface area contributed by atoms with Crippen LogP contribution in [0.3, 0.4) is 0 Å². The molecular formula is C29H33ClFN3O5. The molecule has 0 spiro atoms. The SMILES string of the molecule is C[C@@H](COC1CCC(C(=O)O)CC1)N(C)C(=O)Cc1cc(Cl)c(NC(=O)c2cn(C)c3ccccc23)cc1F. The van der Waals surface area contributed by atoms with Gasteiger partial charge in [-0.05, 0) is 56.4 Å². The van der Waals surface area contributed by atoms with Crippen molar-refractivity contribution in [3.63, 3.8) is 0 Å². The van der Waals surface area contributed by atoms with E-state index >= 15 is 0 Å². The van der Waals surface area contributed by atoms with Gasteiger partial charge in [0.1, 0.15) is 5.82 Å². The molecule has 8 nitrogen and oxygen atoms in total. The molecule has 10 heteroatoms. The van der Waals surface area contributed by atoms with E-state index in [4.69, 9.17) is 21.4 Å². The predicted molar refractivity (Wildman–Crippen MR) is 148 cm³/mol. The van der Waals surface area contributed by atoms with Gasteiger partial charge in [0.25, 0.3) is 5.91 Å². The normalized spacial score (nSPS) is 18.1. The second-order valence-corrected chi connectivity index (χ2v) is 10.6. The average Bonchev–Trinajstić information content (AvgIpc) is 3.26. The fourth-order valence-electron chi connectivity index (χ4n) is 4.93. The number of benzene rings is 2. The Morgan fingerprint density at radius 2 is 1.90 bits per heavy atom. The Balaban J connectivity index is 1.34. The summed E-state index contributed by atoms with van der Waals surface area (Å²) in [6.45, 7) is 2.14. The number of carbonyl (C=O) groups excluding carboxylic acids is 2. The van der Waals surface area contributed by atoms with Crippen LogP contribution < -0.4 is 5.32 Å². The Bertz CT molecular complexity index is 1380. The van der Waals surface area contributed by atoms with Crippen LogP contribution in [0.4, 0.5) is 10.1 Å². The summed E-state index contributed by atoms with van der Waals surface area (Å²) in [5.74, 6) is -2.44. The van der Waals surface area contributed by atoms with Gasteiger partial charge in [0, 0.05) is 31.2 Å². The number of aliphatic carboxylic acids is 1. The van der Waals surface area contributed by atoms with E-state index in [1.54, 1.807) is 13.2 Å². The fraction of sp³-hybridized carbons (Fsp3) is 0.414. The summed E-state index contributed by atoms with van der Waals surface area (Å²) in [6.07, 6.45) is 4.00. The first-order chi connectivity index (χ1) is 18.5. The highest BCUT2D eigenvalue weighted by molar-refractivity contribution is 6.34. The van der Waals surface area contributed by atoms with Crippen LogP contribution in [0.5, 0.6) is 0 Å². The molecule has 39 heavy (non-hydrogen) atoms. The van der Waals surface area contributed by atoms with E-state index in [9.17, 15) is 18.8 Å². The van der Waals surface area contributed by atoms with Crippen LogP contribution in [-0.2, 0) is 27.8 Å². The molecule has 4 rings (SSSR count). The van der Waals surface area contributed by atoms with Crippen molar-refractivity contribution in [1.82, 2.24) is 9.47 Å². The van der Waals surface area contributed by atoms with Gasteiger partial charge in [0.05, 0.1) is 47.4 Å². The van der Waals surface area contributed by atoms with Crippen molar-refractivity contribution in [2.24, 2.45) is 13.0 Å². The maximum atomic E-state index is 15.0. The lowest BCUT2D eigenvalue weighted by Gasteiger charge is -2.30. The molecule has 1 aromatic heterocycles. The van der Waals surface area contributed by atoms with Gasteiger partial charge in [0.2, 0.25) is 5.91 Å². The third-order valence-corrected chi connectivity index (χ3v) is 7.83. The van der Waals surface area contributed by atoms with Crippen LogP contribution in [0, 0.1) is 11.7 Å². The third-order valence-electron chi connectivity index (χ3n) is 7.52. The van der Waals surface area contributed by atoms with Crippen molar-refractivity contribution in [2.45, 2.75) is 51.2 Å². The summed E-state index contributed by atoms with van der Waals surface area (Å²) in [5.41, 5.74) is 1.58. The summed E-state index contributed by atoms with van der Waals surface area (Å²) < 4.78 is 22.8. The number of nitrogens with one attached hydrogen (secondary N) is 1. The minimum absolute atomic E-state index is 0.0283. The topological polar surface area (TPSA) is 101 Å². The highest BCUT2D eigenvalue weighted by atomic mass is 35.5. The number of hydrogen-bond donors (Lipinski definition) is 2. The number of carboxylic acid groups (broad SMARTS) is 1.